The van der Waals surface area contributed by atoms with Crippen LogP contribution >= 0.6 is 0 Å². The SMILES string of the molecule is COC(=O)c1ccc(OC)c(Cn2nc(C=O)cc2C)c1. The third kappa shape index (κ3) is 3.10. The number of esters is 1. The van der Waals surface area contributed by atoms with Gasteiger partial charge in [0.1, 0.15) is 11.4 Å². The van der Waals surface area contributed by atoms with Crippen LogP contribution in [0.15, 0.2) is 24.3 Å². The van der Waals surface area contributed by atoms with Crippen LogP contribution in [0.25, 0.3) is 0 Å². The van der Waals surface area contributed by atoms with Crippen molar-refractivity contribution in [3.05, 3.63) is 46.8 Å². The van der Waals surface area contributed by atoms with Gasteiger partial charge in [0.15, 0.2) is 6.29 Å². The van der Waals surface area contributed by atoms with E-state index >= 15 is 0 Å². The van der Waals surface area contributed by atoms with Gasteiger partial charge in [0, 0.05) is 11.3 Å². The lowest BCUT2D eigenvalue weighted by Crippen LogP contribution is -2.08. The van der Waals surface area contributed by atoms with Gasteiger partial charge in [-0.25, -0.2) is 4.79 Å². The zero-order valence-electron chi connectivity index (χ0n) is 12.1. The van der Waals surface area contributed by atoms with Gasteiger partial charge >= 0.3 is 5.97 Å². The monoisotopic (exact) mass is 288 g/mol. The van der Waals surface area contributed by atoms with Crippen molar-refractivity contribution < 1.29 is 19.1 Å². The molecule has 1 aromatic carbocycles. The number of methoxy groups -OCH3 is 2. The van der Waals surface area contributed by atoms with Crippen molar-refractivity contribution in [1.82, 2.24) is 9.78 Å². The van der Waals surface area contributed by atoms with Crippen molar-refractivity contribution in [3.63, 3.8) is 0 Å². The van der Waals surface area contributed by atoms with E-state index in [1.54, 1.807) is 36.1 Å². The fourth-order valence-electron chi connectivity index (χ4n) is 2.06. The van der Waals surface area contributed by atoms with E-state index in [9.17, 15) is 9.59 Å². The van der Waals surface area contributed by atoms with Crippen molar-refractivity contribution in [2.24, 2.45) is 0 Å². The van der Waals surface area contributed by atoms with E-state index in [-0.39, 0.29) is 0 Å². The number of carbonyl (C=O) groups excluding carboxylic acids is 2. The minimum absolute atomic E-state index is 0.371. The summed E-state index contributed by atoms with van der Waals surface area (Å²) >= 11 is 0. The Morgan fingerprint density at radius 2 is 2.10 bits per heavy atom. The minimum Gasteiger partial charge on any atom is -0.496 e. The van der Waals surface area contributed by atoms with Gasteiger partial charge in [-0.1, -0.05) is 0 Å². The fraction of sp³-hybridized carbons (Fsp3) is 0.267. The number of hydrogen-bond acceptors (Lipinski definition) is 5. The predicted molar refractivity (Wildman–Crippen MR) is 75.8 cm³/mol. The molecule has 0 radical (unpaired) electrons. The van der Waals surface area contributed by atoms with E-state index < -0.39 is 5.97 Å². The van der Waals surface area contributed by atoms with Crippen molar-refractivity contribution >= 4 is 12.3 Å². The minimum atomic E-state index is -0.412. The number of hydrogen-bond donors (Lipinski definition) is 0. The Morgan fingerprint density at radius 1 is 1.33 bits per heavy atom. The smallest absolute Gasteiger partial charge is 0.337 e. The summed E-state index contributed by atoms with van der Waals surface area (Å²) in [5.74, 6) is 0.231. The van der Waals surface area contributed by atoms with Gasteiger partial charge in [-0.05, 0) is 31.2 Å². The molecule has 0 saturated carbocycles. The van der Waals surface area contributed by atoms with Crippen LogP contribution in [0.4, 0.5) is 0 Å². The molecular weight excluding hydrogens is 272 g/mol. The number of ether oxygens (including phenoxy) is 2. The maximum absolute atomic E-state index is 11.6. The second kappa shape index (κ2) is 6.21. The third-order valence-electron chi connectivity index (χ3n) is 3.14. The molecule has 1 aromatic heterocycles. The Hall–Kier alpha value is -2.63. The first-order chi connectivity index (χ1) is 10.1. The number of aryl methyl sites for hydroxylation is 1. The summed E-state index contributed by atoms with van der Waals surface area (Å²) in [5.41, 5.74) is 2.44. The number of nitrogens with zero attached hydrogens (tertiary/aromatic N) is 2. The third-order valence-corrected chi connectivity index (χ3v) is 3.14. The molecule has 2 rings (SSSR count). The van der Waals surface area contributed by atoms with Gasteiger partial charge < -0.3 is 9.47 Å². The molecule has 0 aliphatic carbocycles. The van der Waals surface area contributed by atoms with Gasteiger partial charge in [-0.3, -0.25) is 9.48 Å². The normalized spacial score (nSPS) is 10.2. The van der Waals surface area contributed by atoms with Crippen LogP contribution < -0.4 is 4.74 Å². The van der Waals surface area contributed by atoms with E-state index in [4.69, 9.17) is 9.47 Å². The van der Waals surface area contributed by atoms with E-state index in [0.29, 0.717) is 29.8 Å². The molecule has 0 bridgehead atoms. The molecule has 2 aromatic rings. The lowest BCUT2D eigenvalue weighted by Gasteiger charge is -2.11. The Labute approximate surface area is 122 Å². The summed E-state index contributed by atoms with van der Waals surface area (Å²) in [6, 6.07) is 6.75. The summed E-state index contributed by atoms with van der Waals surface area (Å²) in [6.45, 7) is 2.25. The average Bonchev–Trinajstić information content (AvgIpc) is 2.86. The molecule has 0 saturated heterocycles. The van der Waals surface area contributed by atoms with Crippen molar-refractivity contribution in [2.75, 3.05) is 14.2 Å². The highest BCUT2D eigenvalue weighted by molar-refractivity contribution is 5.89. The van der Waals surface area contributed by atoms with Crippen molar-refractivity contribution in [1.29, 1.82) is 0 Å². The molecule has 0 fully saturated rings. The van der Waals surface area contributed by atoms with E-state index in [1.807, 2.05) is 6.92 Å². The predicted octanol–water partition coefficient (Wildman–Crippen LogP) is 1.85. The summed E-state index contributed by atoms with van der Waals surface area (Å²) in [5, 5.41) is 4.17. The van der Waals surface area contributed by atoms with Crippen LogP contribution in [0.3, 0.4) is 0 Å². The molecular formula is C15H16N2O4. The summed E-state index contributed by atoms with van der Waals surface area (Å²) in [4.78, 5) is 22.4. The number of aromatic nitrogens is 2. The lowest BCUT2D eigenvalue weighted by atomic mass is 10.1. The first-order valence-corrected chi connectivity index (χ1v) is 6.34. The maximum Gasteiger partial charge on any atom is 0.337 e. The molecule has 1 heterocycles. The van der Waals surface area contributed by atoms with Crippen LogP contribution in [0.2, 0.25) is 0 Å². The molecule has 0 aliphatic heterocycles. The Balaban J connectivity index is 2.38. The first kappa shape index (κ1) is 14.8. The molecule has 110 valence electrons. The highest BCUT2D eigenvalue weighted by Crippen LogP contribution is 2.22. The number of carbonyl (C=O) groups is 2. The van der Waals surface area contributed by atoms with Crippen LogP contribution in [0.5, 0.6) is 5.75 Å². The number of benzene rings is 1. The highest BCUT2D eigenvalue weighted by atomic mass is 16.5. The van der Waals surface area contributed by atoms with Crippen LogP contribution in [0, 0.1) is 6.92 Å². The summed E-state index contributed by atoms with van der Waals surface area (Å²) < 4.78 is 11.7. The van der Waals surface area contributed by atoms with Gasteiger partial charge in [0.05, 0.1) is 26.3 Å². The molecule has 6 heteroatoms. The largest absolute Gasteiger partial charge is 0.496 e. The van der Waals surface area contributed by atoms with Crippen LogP contribution in [0.1, 0.15) is 32.1 Å². The van der Waals surface area contributed by atoms with Crippen molar-refractivity contribution in [3.8, 4) is 5.75 Å². The number of rotatable bonds is 5. The Morgan fingerprint density at radius 3 is 2.67 bits per heavy atom. The van der Waals surface area contributed by atoms with Gasteiger partial charge in [0.25, 0.3) is 0 Å². The second-order valence-corrected chi connectivity index (χ2v) is 4.50. The van der Waals surface area contributed by atoms with Crippen LogP contribution in [-0.4, -0.2) is 36.3 Å². The Bertz CT molecular complexity index is 676. The van der Waals surface area contributed by atoms with Gasteiger partial charge in [-0.2, -0.15) is 5.10 Å². The molecule has 6 nitrogen and oxygen atoms in total. The van der Waals surface area contributed by atoms with E-state index in [2.05, 4.69) is 5.10 Å². The molecule has 0 atom stereocenters. The fourth-order valence-corrected chi connectivity index (χ4v) is 2.06. The van der Waals surface area contributed by atoms with Gasteiger partial charge in [-0.15, -0.1) is 0 Å². The van der Waals surface area contributed by atoms with Crippen LogP contribution in [-0.2, 0) is 11.3 Å². The van der Waals surface area contributed by atoms with Gasteiger partial charge in [0.2, 0.25) is 0 Å². The Kier molecular flexibility index (Phi) is 4.37. The standard InChI is InChI=1S/C15H16N2O4/c1-10-6-13(9-18)16-17(10)8-12-7-11(15(19)21-3)4-5-14(12)20-2/h4-7,9H,8H2,1-3H3. The second-order valence-electron chi connectivity index (χ2n) is 4.50. The van der Waals surface area contributed by atoms with E-state index in [0.717, 1.165) is 11.3 Å². The molecule has 0 aliphatic rings. The quantitative estimate of drug-likeness (QED) is 0.620. The van der Waals surface area contributed by atoms with Crippen molar-refractivity contribution in [2.45, 2.75) is 13.5 Å². The zero-order chi connectivity index (χ0) is 15.4. The maximum atomic E-state index is 11.6. The molecule has 0 N–H and O–H groups in total. The summed E-state index contributed by atoms with van der Waals surface area (Å²) in [6.07, 6.45) is 0.700. The highest BCUT2D eigenvalue weighted by Gasteiger charge is 2.12. The molecule has 0 spiro atoms. The zero-order valence-corrected chi connectivity index (χ0v) is 12.1. The lowest BCUT2D eigenvalue weighted by molar-refractivity contribution is 0.0600. The number of aldehydes is 1. The summed E-state index contributed by atoms with van der Waals surface area (Å²) in [7, 11) is 2.89. The van der Waals surface area contributed by atoms with E-state index in [1.165, 1.54) is 7.11 Å². The topological polar surface area (TPSA) is 70.4 Å². The first-order valence-electron chi connectivity index (χ1n) is 6.34. The molecule has 0 amide bonds. The average molecular weight is 288 g/mol. The molecule has 21 heavy (non-hydrogen) atoms. The molecule has 0 unspecified atom stereocenters.